The fourth-order valence-corrected chi connectivity index (χ4v) is 2.34. The Morgan fingerprint density at radius 2 is 2.21 bits per heavy atom. The molecule has 1 aromatic rings. The Hall–Kier alpha value is -0.160. The summed E-state index contributed by atoms with van der Waals surface area (Å²) in [5.74, 6) is 0. The van der Waals surface area contributed by atoms with Crippen molar-refractivity contribution in [2.75, 3.05) is 12.8 Å². The summed E-state index contributed by atoms with van der Waals surface area (Å²) in [5.41, 5.74) is 2.45. The van der Waals surface area contributed by atoms with Gasteiger partial charge in [-0.15, -0.1) is 0 Å². The normalized spacial score (nSPS) is 15.1. The number of hydrogen-bond acceptors (Lipinski definition) is 2. The van der Waals surface area contributed by atoms with E-state index in [2.05, 4.69) is 34.6 Å². The Morgan fingerprint density at radius 1 is 1.50 bits per heavy atom. The van der Waals surface area contributed by atoms with E-state index in [9.17, 15) is 4.57 Å². The largest absolute Gasteiger partial charge is 0.312 e. The van der Waals surface area contributed by atoms with E-state index >= 15 is 0 Å². The lowest BCUT2D eigenvalue weighted by atomic mass is 10.1. The first kappa shape index (κ1) is 11.9. The van der Waals surface area contributed by atoms with Crippen LogP contribution in [-0.2, 0) is 15.3 Å². The maximum absolute atomic E-state index is 11.6. The third-order valence-corrected chi connectivity index (χ3v) is 4.93. The average molecular weight is 230 g/mol. The molecule has 0 aromatic heterocycles. The van der Waals surface area contributed by atoms with Crippen molar-refractivity contribution < 1.29 is 8.88 Å². The highest BCUT2D eigenvalue weighted by atomic mass is 31.2. The highest BCUT2D eigenvalue weighted by Crippen LogP contribution is 2.45. The molecule has 1 rings (SSSR count). The fraction of sp³-hybridized carbons (Fsp3) is 0.400. The van der Waals surface area contributed by atoms with Crippen LogP contribution in [0, 0.1) is 6.92 Å². The first-order chi connectivity index (χ1) is 6.53. The second kappa shape index (κ2) is 5.07. The van der Waals surface area contributed by atoms with Crippen LogP contribution >= 0.6 is 16.8 Å². The Balaban J connectivity index is 2.58. The lowest BCUT2D eigenvalue weighted by Crippen LogP contribution is -1.94. The molecular weight excluding hydrogens is 214 g/mol. The summed E-state index contributed by atoms with van der Waals surface area (Å²) in [7, 11) is -0.309. The standard InChI is InChI=1S/C10H16O2P2/c1-9-4-3-5-10(8-9)6-7-14(2,11)12-13/h3-5,8H,6-7,13H2,1-2H3. The van der Waals surface area contributed by atoms with Crippen LogP contribution in [0.2, 0.25) is 0 Å². The van der Waals surface area contributed by atoms with Crippen molar-refractivity contribution in [3.63, 3.8) is 0 Å². The van der Waals surface area contributed by atoms with Gasteiger partial charge >= 0.3 is 0 Å². The topological polar surface area (TPSA) is 26.3 Å². The van der Waals surface area contributed by atoms with Gasteiger partial charge in [0, 0.05) is 22.3 Å². The molecule has 0 radical (unpaired) electrons. The molecule has 0 bridgehead atoms. The third kappa shape index (κ3) is 3.92. The molecule has 2 atom stereocenters. The van der Waals surface area contributed by atoms with Crippen molar-refractivity contribution in [1.29, 1.82) is 0 Å². The molecule has 14 heavy (non-hydrogen) atoms. The van der Waals surface area contributed by atoms with Gasteiger partial charge in [0.2, 0.25) is 7.37 Å². The summed E-state index contributed by atoms with van der Waals surface area (Å²) >= 11 is 0. The van der Waals surface area contributed by atoms with Gasteiger partial charge < -0.3 is 4.31 Å². The van der Waals surface area contributed by atoms with Gasteiger partial charge in [0.05, 0.1) is 0 Å². The molecule has 0 saturated heterocycles. The summed E-state index contributed by atoms with van der Waals surface area (Å²) in [5, 5.41) is 0. The molecule has 2 unspecified atom stereocenters. The van der Waals surface area contributed by atoms with Gasteiger partial charge in [0.25, 0.3) is 0 Å². The Bertz CT molecular complexity index is 350. The summed E-state index contributed by atoms with van der Waals surface area (Å²) in [6.07, 6.45) is 1.41. The monoisotopic (exact) mass is 230 g/mol. The zero-order valence-corrected chi connectivity index (χ0v) is 10.6. The quantitative estimate of drug-likeness (QED) is 0.742. The van der Waals surface area contributed by atoms with Crippen molar-refractivity contribution in [2.24, 2.45) is 0 Å². The second-order valence-electron chi connectivity index (χ2n) is 3.58. The fourth-order valence-electron chi connectivity index (χ4n) is 1.25. The molecule has 0 aliphatic heterocycles. The van der Waals surface area contributed by atoms with Crippen molar-refractivity contribution in [3.05, 3.63) is 35.4 Å². The Labute approximate surface area is 87.8 Å². The summed E-state index contributed by atoms with van der Waals surface area (Å²) in [6, 6.07) is 8.24. The summed E-state index contributed by atoms with van der Waals surface area (Å²) in [4.78, 5) is 0. The minimum absolute atomic E-state index is 0.597. The lowest BCUT2D eigenvalue weighted by molar-refractivity contribution is 0.516. The molecular formula is C10H16O2P2. The van der Waals surface area contributed by atoms with E-state index in [0.29, 0.717) is 6.16 Å². The predicted molar refractivity (Wildman–Crippen MR) is 64.1 cm³/mol. The van der Waals surface area contributed by atoms with Crippen LogP contribution in [0.1, 0.15) is 11.1 Å². The van der Waals surface area contributed by atoms with Crippen LogP contribution in [-0.4, -0.2) is 12.8 Å². The number of aryl methyl sites for hydroxylation is 2. The maximum Gasteiger partial charge on any atom is 0.203 e. The van der Waals surface area contributed by atoms with Crippen LogP contribution in [0.5, 0.6) is 0 Å². The van der Waals surface area contributed by atoms with Crippen molar-refractivity contribution >= 4 is 16.8 Å². The zero-order valence-electron chi connectivity index (χ0n) is 8.56. The Morgan fingerprint density at radius 3 is 2.79 bits per heavy atom. The lowest BCUT2D eigenvalue weighted by Gasteiger charge is -2.09. The van der Waals surface area contributed by atoms with Crippen LogP contribution in [0.3, 0.4) is 0 Å². The van der Waals surface area contributed by atoms with Gasteiger partial charge in [-0.25, -0.2) is 0 Å². The van der Waals surface area contributed by atoms with Crippen molar-refractivity contribution in [2.45, 2.75) is 13.3 Å². The number of hydrogen-bond donors (Lipinski definition) is 0. The maximum atomic E-state index is 11.6. The minimum atomic E-state index is -2.39. The van der Waals surface area contributed by atoms with Crippen molar-refractivity contribution in [3.8, 4) is 0 Å². The van der Waals surface area contributed by atoms with Gasteiger partial charge in [-0.3, -0.25) is 4.57 Å². The molecule has 1 aromatic carbocycles. The molecule has 0 heterocycles. The van der Waals surface area contributed by atoms with E-state index in [1.54, 1.807) is 6.66 Å². The molecule has 0 N–H and O–H groups in total. The molecule has 0 aliphatic rings. The molecule has 78 valence electrons. The first-order valence-electron chi connectivity index (χ1n) is 4.54. The van der Waals surface area contributed by atoms with E-state index in [0.717, 1.165) is 6.42 Å². The Kier molecular flexibility index (Phi) is 4.31. The predicted octanol–water partition coefficient (Wildman–Crippen LogP) is 3.25. The number of benzene rings is 1. The molecule has 0 aliphatic carbocycles. The molecule has 0 fully saturated rings. The molecule has 0 amide bonds. The van der Waals surface area contributed by atoms with Gasteiger partial charge in [0.1, 0.15) is 0 Å². The third-order valence-electron chi connectivity index (χ3n) is 2.11. The van der Waals surface area contributed by atoms with E-state index in [4.69, 9.17) is 4.31 Å². The second-order valence-corrected chi connectivity index (χ2v) is 6.90. The highest BCUT2D eigenvalue weighted by Gasteiger charge is 2.13. The van der Waals surface area contributed by atoms with E-state index in [1.807, 2.05) is 6.07 Å². The molecule has 0 saturated carbocycles. The van der Waals surface area contributed by atoms with Crippen molar-refractivity contribution in [1.82, 2.24) is 0 Å². The first-order valence-corrected chi connectivity index (χ1v) is 7.27. The summed E-state index contributed by atoms with van der Waals surface area (Å²) in [6.45, 7) is 3.72. The molecule has 2 nitrogen and oxygen atoms in total. The smallest absolute Gasteiger partial charge is 0.203 e. The average Bonchev–Trinajstić information content (AvgIpc) is 2.15. The van der Waals surface area contributed by atoms with Gasteiger partial charge in [-0.05, 0) is 18.9 Å². The SMILES string of the molecule is Cc1cccc(CCP(C)(=O)OP)c1. The van der Waals surface area contributed by atoms with Crippen LogP contribution in [0.15, 0.2) is 24.3 Å². The van der Waals surface area contributed by atoms with Crippen LogP contribution in [0.25, 0.3) is 0 Å². The van der Waals surface area contributed by atoms with E-state index < -0.39 is 7.37 Å². The van der Waals surface area contributed by atoms with Crippen LogP contribution < -0.4 is 0 Å². The van der Waals surface area contributed by atoms with Crippen LogP contribution in [0.4, 0.5) is 0 Å². The minimum Gasteiger partial charge on any atom is -0.312 e. The molecule has 4 heteroatoms. The molecule has 0 spiro atoms. The zero-order chi connectivity index (χ0) is 10.6. The van der Waals surface area contributed by atoms with Gasteiger partial charge in [-0.2, -0.15) is 0 Å². The summed E-state index contributed by atoms with van der Waals surface area (Å²) < 4.78 is 16.5. The highest BCUT2D eigenvalue weighted by molar-refractivity contribution is 7.61. The van der Waals surface area contributed by atoms with E-state index in [-0.39, 0.29) is 0 Å². The van der Waals surface area contributed by atoms with Gasteiger partial charge in [-0.1, -0.05) is 29.8 Å². The number of rotatable bonds is 4. The van der Waals surface area contributed by atoms with Gasteiger partial charge in [0.15, 0.2) is 0 Å². The van der Waals surface area contributed by atoms with E-state index in [1.165, 1.54) is 11.1 Å².